The number of thiocarbonyl (C=S) groups is 2. The highest BCUT2D eigenvalue weighted by molar-refractivity contribution is 7.79. The molecule has 0 aliphatic carbocycles. The van der Waals surface area contributed by atoms with Crippen LogP contribution in [0.2, 0.25) is 0 Å². The van der Waals surface area contributed by atoms with Crippen molar-refractivity contribution < 1.29 is 4.42 Å². The molecule has 0 aliphatic rings. The van der Waals surface area contributed by atoms with Gasteiger partial charge in [0, 0.05) is 33.0 Å². The molecule has 1 aromatic heterocycles. The fourth-order valence-electron chi connectivity index (χ4n) is 2.94. The second-order valence-corrected chi connectivity index (χ2v) is 7.75. The topological polar surface area (TPSA) is 84.9 Å². The van der Waals surface area contributed by atoms with Crippen LogP contribution in [0.4, 0.5) is 0 Å². The molecule has 0 saturated heterocycles. The number of benzene rings is 2. The summed E-state index contributed by atoms with van der Waals surface area (Å²) in [5.74, 6) is 2.17. The first kappa shape index (κ1) is 22.5. The smallest absolute Gasteiger partial charge is 0.134 e. The quantitative estimate of drug-likeness (QED) is 0.216. The number of hydrogen-bond acceptors (Lipinski definition) is 5. The molecule has 0 radical (unpaired) electrons. The highest BCUT2D eigenvalue weighted by Gasteiger charge is 2.10. The van der Waals surface area contributed by atoms with E-state index in [9.17, 15) is 0 Å². The Kier molecular flexibility index (Phi) is 7.44. The minimum Gasteiger partial charge on any atom is -0.456 e. The Hall–Kier alpha value is -3.16. The van der Waals surface area contributed by atoms with Gasteiger partial charge in [-0.3, -0.25) is 10.8 Å². The van der Waals surface area contributed by atoms with Gasteiger partial charge in [-0.25, -0.2) is 0 Å². The Labute approximate surface area is 192 Å². The molecule has 2 atom stereocenters. The van der Waals surface area contributed by atoms with Gasteiger partial charge in [-0.2, -0.15) is 0 Å². The largest absolute Gasteiger partial charge is 0.456 e. The van der Waals surface area contributed by atoms with Gasteiger partial charge in [0.05, 0.1) is 12.1 Å². The predicted molar refractivity (Wildman–Crippen MR) is 136 cm³/mol. The number of hydrogen-bond donors (Lipinski definition) is 4. The third-order valence-corrected chi connectivity index (χ3v) is 5.49. The fourth-order valence-corrected chi connectivity index (χ4v) is 3.08. The standard InChI is InChI=1S/C24H24N4OS2/c1-15(13-30)27-23(25)19-7-3-17(4-8-19)21-11-12-22(29-21)18-5-9-20(10-6-18)24(26)28-16(2)14-31/h3-16H,1-2H3,(H2,25,27)(H2,26,28). The van der Waals surface area contributed by atoms with Crippen molar-refractivity contribution in [1.82, 2.24) is 10.6 Å². The normalized spacial score (nSPS) is 12.5. The zero-order chi connectivity index (χ0) is 22.4. The molecule has 4 N–H and O–H groups in total. The van der Waals surface area contributed by atoms with E-state index in [2.05, 4.69) is 10.6 Å². The van der Waals surface area contributed by atoms with Gasteiger partial charge in [-0.05, 0) is 26.0 Å². The van der Waals surface area contributed by atoms with E-state index < -0.39 is 0 Å². The molecule has 0 aliphatic heterocycles. The second-order valence-electron chi connectivity index (χ2n) is 7.21. The van der Waals surface area contributed by atoms with Gasteiger partial charge in [0.25, 0.3) is 0 Å². The van der Waals surface area contributed by atoms with Gasteiger partial charge in [0.2, 0.25) is 0 Å². The van der Waals surface area contributed by atoms with Gasteiger partial charge in [0.15, 0.2) is 0 Å². The van der Waals surface area contributed by atoms with Crippen molar-refractivity contribution in [2.45, 2.75) is 25.9 Å². The maximum Gasteiger partial charge on any atom is 0.134 e. The van der Waals surface area contributed by atoms with Crippen LogP contribution in [-0.4, -0.2) is 34.5 Å². The van der Waals surface area contributed by atoms with E-state index in [-0.39, 0.29) is 12.1 Å². The molecule has 31 heavy (non-hydrogen) atoms. The zero-order valence-corrected chi connectivity index (χ0v) is 18.9. The van der Waals surface area contributed by atoms with Crippen LogP contribution in [0.3, 0.4) is 0 Å². The van der Waals surface area contributed by atoms with Gasteiger partial charge in [-0.1, -0.05) is 73.0 Å². The Morgan fingerprint density at radius 1 is 0.710 bits per heavy atom. The summed E-state index contributed by atoms with van der Waals surface area (Å²) in [4.78, 5) is 0. The Balaban J connectivity index is 1.71. The van der Waals surface area contributed by atoms with Gasteiger partial charge < -0.3 is 15.1 Å². The Morgan fingerprint density at radius 3 is 1.39 bits per heavy atom. The third kappa shape index (κ3) is 5.71. The number of rotatable bonds is 8. The lowest BCUT2D eigenvalue weighted by Crippen LogP contribution is -2.33. The lowest BCUT2D eigenvalue weighted by molar-refractivity contribution is 0.597. The van der Waals surface area contributed by atoms with Crippen molar-refractivity contribution in [2.24, 2.45) is 0 Å². The summed E-state index contributed by atoms with van der Waals surface area (Å²) in [5, 5.41) is 25.5. The van der Waals surface area contributed by atoms with Crippen LogP contribution in [0.25, 0.3) is 22.6 Å². The molecule has 3 aromatic rings. The molecule has 0 fully saturated rings. The lowest BCUT2D eigenvalue weighted by atomic mass is 10.1. The van der Waals surface area contributed by atoms with Gasteiger partial charge >= 0.3 is 0 Å². The molecule has 1 heterocycles. The minimum absolute atomic E-state index is 0.0379. The number of amidine groups is 2. The first-order valence-electron chi connectivity index (χ1n) is 9.83. The van der Waals surface area contributed by atoms with Gasteiger partial charge in [0.1, 0.15) is 23.2 Å². The molecule has 5 nitrogen and oxygen atoms in total. The van der Waals surface area contributed by atoms with Crippen LogP contribution >= 0.6 is 24.4 Å². The second kappa shape index (κ2) is 10.2. The Morgan fingerprint density at radius 2 is 1.06 bits per heavy atom. The third-order valence-electron chi connectivity index (χ3n) is 4.67. The summed E-state index contributed by atoms with van der Waals surface area (Å²) in [6.45, 7) is 3.82. The van der Waals surface area contributed by atoms with Crippen molar-refractivity contribution in [3.63, 3.8) is 0 Å². The summed E-state index contributed by atoms with van der Waals surface area (Å²) >= 11 is 9.79. The molecule has 2 aromatic carbocycles. The van der Waals surface area contributed by atoms with E-state index >= 15 is 0 Å². The lowest BCUT2D eigenvalue weighted by Gasteiger charge is -2.11. The highest BCUT2D eigenvalue weighted by Crippen LogP contribution is 2.29. The molecule has 0 amide bonds. The van der Waals surface area contributed by atoms with Crippen LogP contribution < -0.4 is 10.6 Å². The Bertz CT molecular complexity index is 1000. The molecule has 2 unspecified atom stereocenters. The van der Waals surface area contributed by atoms with E-state index in [1.165, 1.54) is 0 Å². The molecule has 7 heteroatoms. The van der Waals surface area contributed by atoms with Crippen LogP contribution in [0.1, 0.15) is 25.0 Å². The molecule has 0 spiro atoms. The van der Waals surface area contributed by atoms with Crippen molar-refractivity contribution >= 4 is 46.8 Å². The van der Waals surface area contributed by atoms with Crippen molar-refractivity contribution in [1.29, 1.82) is 10.8 Å². The average Bonchev–Trinajstić information content (AvgIpc) is 3.29. The van der Waals surface area contributed by atoms with Crippen molar-refractivity contribution in [2.75, 3.05) is 0 Å². The van der Waals surface area contributed by atoms with E-state index in [1.807, 2.05) is 74.5 Å². The summed E-state index contributed by atoms with van der Waals surface area (Å²) < 4.78 is 6.04. The highest BCUT2D eigenvalue weighted by atomic mass is 32.1. The molecule has 158 valence electrons. The molecular weight excluding hydrogens is 424 g/mol. The molecular formula is C24H24N4OS2. The summed E-state index contributed by atoms with van der Waals surface area (Å²) in [6.07, 6.45) is 0. The summed E-state index contributed by atoms with van der Waals surface area (Å²) in [5.41, 5.74) is 3.44. The number of furan rings is 1. The fraction of sp³-hybridized carbons (Fsp3) is 0.167. The van der Waals surface area contributed by atoms with Crippen molar-refractivity contribution in [3.8, 4) is 22.6 Å². The van der Waals surface area contributed by atoms with Crippen LogP contribution in [-0.2, 0) is 0 Å². The van der Waals surface area contributed by atoms with Crippen molar-refractivity contribution in [3.05, 3.63) is 71.8 Å². The SMILES string of the molecule is CC(C=S)NC(=N)c1ccc(-c2ccc(-c3ccc(C(=N)NC(C)C=S)cc3)o2)cc1. The first-order valence-corrected chi connectivity index (χ1v) is 10.8. The molecule has 0 saturated carbocycles. The number of nitrogens with one attached hydrogen (secondary N) is 4. The van der Waals surface area contributed by atoms with Crippen LogP contribution in [0, 0.1) is 10.8 Å². The zero-order valence-electron chi connectivity index (χ0n) is 17.3. The predicted octanol–water partition coefficient (Wildman–Crippen LogP) is 5.22. The van der Waals surface area contributed by atoms with Crippen LogP contribution in [0.5, 0.6) is 0 Å². The van der Waals surface area contributed by atoms with E-state index in [0.717, 1.165) is 33.8 Å². The van der Waals surface area contributed by atoms with E-state index in [4.69, 9.17) is 39.7 Å². The summed E-state index contributed by atoms with van der Waals surface area (Å²) in [6, 6.07) is 19.1. The minimum atomic E-state index is -0.0379. The first-order chi connectivity index (χ1) is 14.9. The molecule has 3 rings (SSSR count). The summed E-state index contributed by atoms with van der Waals surface area (Å²) in [7, 11) is 0. The average molecular weight is 449 g/mol. The maximum atomic E-state index is 8.12. The maximum absolute atomic E-state index is 8.12. The molecule has 0 bridgehead atoms. The van der Waals surface area contributed by atoms with Gasteiger partial charge in [-0.15, -0.1) is 0 Å². The van der Waals surface area contributed by atoms with E-state index in [0.29, 0.717) is 11.7 Å². The monoisotopic (exact) mass is 448 g/mol. The van der Waals surface area contributed by atoms with Crippen LogP contribution in [0.15, 0.2) is 65.1 Å². The van der Waals surface area contributed by atoms with E-state index in [1.54, 1.807) is 10.7 Å².